The molecule has 4 aromatic rings. The Balaban J connectivity index is 1.74. The van der Waals surface area contributed by atoms with Gasteiger partial charge in [-0.15, -0.1) is 10.2 Å². The van der Waals surface area contributed by atoms with Crippen LogP contribution in [-0.4, -0.2) is 31.6 Å². The smallest absolute Gasteiger partial charge is 0.295 e. The number of azo groups is 1. The van der Waals surface area contributed by atoms with Gasteiger partial charge >= 0.3 is 0 Å². The van der Waals surface area contributed by atoms with Gasteiger partial charge in [-0.1, -0.05) is 30.3 Å². The Kier molecular flexibility index (Phi) is 6.15. The third-order valence-corrected chi connectivity index (χ3v) is 6.33. The molecule has 0 atom stereocenters. The summed E-state index contributed by atoms with van der Waals surface area (Å²) < 4.78 is 33.5. The molecule has 0 spiro atoms. The molecule has 0 heterocycles. The number of carbonyl (C=O) groups excluding carboxylic acids is 1. The van der Waals surface area contributed by atoms with E-state index in [1.165, 1.54) is 61.7 Å². The van der Waals surface area contributed by atoms with Crippen molar-refractivity contribution in [1.82, 2.24) is 0 Å². The number of methoxy groups -OCH3 is 1. The van der Waals surface area contributed by atoms with Gasteiger partial charge in [0, 0.05) is 16.3 Å². The van der Waals surface area contributed by atoms with E-state index in [1.807, 2.05) is 0 Å². The number of anilines is 1. The van der Waals surface area contributed by atoms with Crippen LogP contribution >= 0.6 is 0 Å². The fourth-order valence-corrected chi connectivity index (χ4v) is 4.33. The van der Waals surface area contributed by atoms with Crippen molar-refractivity contribution in [3.8, 4) is 17.2 Å². The number of benzene rings is 4. The summed E-state index contributed by atoms with van der Waals surface area (Å²) in [7, 11) is -2.51. The lowest BCUT2D eigenvalue weighted by Crippen LogP contribution is -2.13. The maximum atomic E-state index is 13.0. The third-order valence-electron chi connectivity index (χ3n) is 4.95. The standard InChI is InChI=1S/C24H19N3O6S/c1-33-17-9-11-18(12-10-17)34(31,32)27-21-14-22(23(29)20-8-3-2-7-19(20)21)25-26-24(30)15-5-4-6-16(28)13-15/h2-14,27-29H,1H3. The molecule has 4 rings (SSSR count). The molecule has 0 bridgehead atoms. The summed E-state index contributed by atoms with van der Waals surface area (Å²) in [6.07, 6.45) is 0. The van der Waals surface area contributed by atoms with E-state index in [9.17, 15) is 23.4 Å². The Morgan fingerprint density at radius 1 is 0.912 bits per heavy atom. The summed E-state index contributed by atoms with van der Waals surface area (Å²) in [5.74, 6) is -0.614. The van der Waals surface area contributed by atoms with Crippen molar-refractivity contribution >= 4 is 38.1 Å². The van der Waals surface area contributed by atoms with Gasteiger partial charge in [0.1, 0.15) is 17.2 Å². The third kappa shape index (κ3) is 4.66. The number of nitrogens with zero attached hydrogens (tertiary/aromatic N) is 2. The van der Waals surface area contributed by atoms with Crippen molar-refractivity contribution in [3.05, 3.63) is 84.4 Å². The van der Waals surface area contributed by atoms with E-state index in [-0.39, 0.29) is 33.3 Å². The highest BCUT2D eigenvalue weighted by molar-refractivity contribution is 7.92. The van der Waals surface area contributed by atoms with Crippen LogP contribution in [0, 0.1) is 0 Å². The number of nitrogens with one attached hydrogen (secondary N) is 1. The molecule has 0 saturated carbocycles. The zero-order chi connectivity index (χ0) is 24.3. The van der Waals surface area contributed by atoms with Crippen LogP contribution in [0.3, 0.4) is 0 Å². The fraction of sp³-hybridized carbons (Fsp3) is 0.0417. The van der Waals surface area contributed by atoms with Gasteiger partial charge in [-0.25, -0.2) is 8.42 Å². The van der Waals surface area contributed by atoms with Crippen molar-refractivity contribution in [2.75, 3.05) is 11.8 Å². The average Bonchev–Trinajstić information content (AvgIpc) is 2.84. The minimum Gasteiger partial charge on any atom is -0.508 e. The first-order valence-electron chi connectivity index (χ1n) is 9.95. The van der Waals surface area contributed by atoms with E-state index in [0.29, 0.717) is 16.5 Å². The first-order chi connectivity index (χ1) is 16.3. The molecule has 34 heavy (non-hydrogen) atoms. The predicted octanol–water partition coefficient (Wildman–Crippen LogP) is 4.98. The van der Waals surface area contributed by atoms with Crippen molar-refractivity contribution in [2.45, 2.75) is 4.90 Å². The Hall–Kier alpha value is -4.44. The van der Waals surface area contributed by atoms with Crippen molar-refractivity contribution < 1.29 is 28.2 Å². The van der Waals surface area contributed by atoms with E-state index in [2.05, 4.69) is 15.0 Å². The number of carbonyl (C=O) groups is 1. The van der Waals surface area contributed by atoms with Crippen LogP contribution < -0.4 is 9.46 Å². The zero-order valence-electron chi connectivity index (χ0n) is 17.8. The zero-order valence-corrected chi connectivity index (χ0v) is 18.7. The lowest BCUT2D eigenvalue weighted by Gasteiger charge is -2.13. The number of fused-ring (bicyclic) bond motifs is 1. The Bertz CT molecular complexity index is 1520. The second-order valence-electron chi connectivity index (χ2n) is 7.17. The Morgan fingerprint density at radius 3 is 2.29 bits per heavy atom. The first kappa shape index (κ1) is 22.7. The van der Waals surface area contributed by atoms with E-state index in [4.69, 9.17) is 4.74 Å². The molecule has 0 unspecified atom stereocenters. The van der Waals surface area contributed by atoms with Gasteiger partial charge in [0.15, 0.2) is 5.75 Å². The molecule has 0 aliphatic rings. The van der Waals surface area contributed by atoms with E-state index in [0.717, 1.165) is 0 Å². The highest BCUT2D eigenvalue weighted by Gasteiger charge is 2.19. The van der Waals surface area contributed by atoms with Crippen LogP contribution in [0.5, 0.6) is 17.2 Å². The summed E-state index contributed by atoms with van der Waals surface area (Å²) in [5.41, 5.74) is 0.132. The Morgan fingerprint density at radius 2 is 1.62 bits per heavy atom. The lowest BCUT2D eigenvalue weighted by atomic mass is 10.1. The summed E-state index contributed by atoms with van der Waals surface area (Å²) in [6, 6.07) is 19.3. The summed E-state index contributed by atoms with van der Waals surface area (Å²) >= 11 is 0. The number of phenols is 2. The van der Waals surface area contributed by atoms with Gasteiger partial charge < -0.3 is 14.9 Å². The summed E-state index contributed by atoms with van der Waals surface area (Å²) in [4.78, 5) is 12.3. The van der Waals surface area contributed by atoms with Crippen molar-refractivity contribution in [3.63, 3.8) is 0 Å². The molecular weight excluding hydrogens is 458 g/mol. The maximum absolute atomic E-state index is 13.0. The van der Waals surface area contributed by atoms with Gasteiger partial charge in [-0.05, 0) is 48.5 Å². The quantitative estimate of drug-likeness (QED) is 0.264. The SMILES string of the molecule is COc1ccc(S(=O)(=O)Nc2cc(N=NC(=O)c3cccc(O)c3)c(O)c3ccccc23)cc1. The van der Waals surface area contributed by atoms with Gasteiger partial charge in [0.05, 0.1) is 17.7 Å². The average molecular weight is 477 g/mol. The van der Waals surface area contributed by atoms with Crippen LogP contribution in [0.1, 0.15) is 10.4 Å². The lowest BCUT2D eigenvalue weighted by molar-refractivity contribution is 0.0994. The van der Waals surface area contributed by atoms with Crippen LogP contribution in [0.4, 0.5) is 11.4 Å². The van der Waals surface area contributed by atoms with Crippen LogP contribution in [0.25, 0.3) is 10.8 Å². The van der Waals surface area contributed by atoms with Crippen molar-refractivity contribution in [2.24, 2.45) is 10.2 Å². The molecule has 0 aliphatic heterocycles. The number of hydrogen-bond acceptors (Lipinski definition) is 7. The van der Waals surface area contributed by atoms with E-state index < -0.39 is 15.9 Å². The molecule has 1 amide bonds. The number of phenolic OH excluding ortho intramolecular Hbond substituents is 2. The molecule has 0 aromatic heterocycles. The summed E-state index contributed by atoms with van der Waals surface area (Å²) in [6.45, 7) is 0. The number of rotatable bonds is 6. The Labute approximate surface area is 195 Å². The largest absolute Gasteiger partial charge is 0.508 e. The molecule has 0 radical (unpaired) electrons. The van der Waals surface area contributed by atoms with Crippen LogP contribution in [-0.2, 0) is 10.0 Å². The van der Waals surface area contributed by atoms with Gasteiger partial charge in [-0.3, -0.25) is 9.52 Å². The second kappa shape index (κ2) is 9.20. The van der Waals surface area contributed by atoms with E-state index >= 15 is 0 Å². The summed E-state index contributed by atoms with van der Waals surface area (Å²) in [5, 5.41) is 28.4. The highest BCUT2D eigenvalue weighted by Crippen LogP contribution is 2.40. The molecule has 0 saturated heterocycles. The van der Waals surface area contributed by atoms with Gasteiger partial charge in [0.2, 0.25) is 0 Å². The topological polar surface area (TPSA) is 138 Å². The molecular formula is C24H19N3O6S. The highest BCUT2D eigenvalue weighted by atomic mass is 32.2. The maximum Gasteiger partial charge on any atom is 0.295 e. The second-order valence-corrected chi connectivity index (χ2v) is 8.86. The first-order valence-corrected chi connectivity index (χ1v) is 11.4. The monoisotopic (exact) mass is 477 g/mol. The fourth-order valence-electron chi connectivity index (χ4n) is 3.26. The predicted molar refractivity (Wildman–Crippen MR) is 126 cm³/mol. The number of amides is 1. The molecule has 0 aliphatic carbocycles. The van der Waals surface area contributed by atoms with Gasteiger partial charge in [-0.2, -0.15) is 0 Å². The normalized spacial score (nSPS) is 11.6. The van der Waals surface area contributed by atoms with Gasteiger partial charge in [0.25, 0.3) is 15.9 Å². The number of aromatic hydroxyl groups is 2. The van der Waals surface area contributed by atoms with Crippen molar-refractivity contribution in [1.29, 1.82) is 0 Å². The number of sulfonamides is 1. The van der Waals surface area contributed by atoms with Crippen LogP contribution in [0.15, 0.2) is 94.0 Å². The minimum absolute atomic E-state index is 0.00713. The number of hydrogen-bond donors (Lipinski definition) is 3. The van der Waals surface area contributed by atoms with E-state index in [1.54, 1.807) is 24.3 Å². The molecule has 172 valence electrons. The minimum atomic E-state index is -3.99. The molecule has 9 nitrogen and oxygen atoms in total. The molecule has 10 heteroatoms. The number of ether oxygens (including phenoxy) is 1. The molecule has 4 aromatic carbocycles. The molecule has 3 N–H and O–H groups in total. The molecule has 0 fully saturated rings. The van der Waals surface area contributed by atoms with Crippen LogP contribution in [0.2, 0.25) is 0 Å².